The van der Waals surface area contributed by atoms with Crippen LogP contribution in [0.4, 0.5) is 0 Å². The highest BCUT2D eigenvalue weighted by atomic mass is 32.1. The van der Waals surface area contributed by atoms with Gasteiger partial charge in [-0.15, -0.1) is 11.3 Å². The van der Waals surface area contributed by atoms with Gasteiger partial charge in [-0.05, 0) is 43.0 Å². The molecule has 5 nitrogen and oxygen atoms in total. The molecular formula is C20H31N3O2S. The lowest BCUT2D eigenvalue weighted by Gasteiger charge is -2.36. The summed E-state index contributed by atoms with van der Waals surface area (Å²) in [5.41, 5.74) is 0. The summed E-state index contributed by atoms with van der Waals surface area (Å²) in [5, 5.41) is 5.81. The maximum Gasteiger partial charge on any atom is 0.222 e. The average Bonchev–Trinajstić information content (AvgIpc) is 3.30. The van der Waals surface area contributed by atoms with Crippen molar-refractivity contribution in [1.29, 1.82) is 0 Å². The van der Waals surface area contributed by atoms with Crippen LogP contribution >= 0.6 is 11.3 Å². The van der Waals surface area contributed by atoms with E-state index in [0.29, 0.717) is 30.3 Å². The van der Waals surface area contributed by atoms with Crippen molar-refractivity contribution in [3.8, 4) is 0 Å². The molecular weight excluding hydrogens is 346 g/mol. The van der Waals surface area contributed by atoms with Crippen LogP contribution in [0.5, 0.6) is 0 Å². The number of morpholine rings is 1. The van der Waals surface area contributed by atoms with Gasteiger partial charge in [-0.2, -0.15) is 0 Å². The third-order valence-electron chi connectivity index (χ3n) is 6.26. The first kappa shape index (κ1) is 18.4. The van der Waals surface area contributed by atoms with Crippen LogP contribution in [-0.2, 0) is 9.53 Å². The van der Waals surface area contributed by atoms with E-state index in [2.05, 4.69) is 27.7 Å². The van der Waals surface area contributed by atoms with Crippen molar-refractivity contribution in [2.45, 2.75) is 50.2 Å². The van der Waals surface area contributed by atoms with Crippen LogP contribution < -0.4 is 5.32 Å². The minimum Gasteiger partial charge on any atom is -0.379 e. The van der Waals surface area contributed by atoms with Gasteiger partial charge in [0.2, 0.25) is 5.91 Å². The summed E-state index contributed by atoms with van der Waals surface area (Å²) in [6.45, 7) is 4.25. The van der Waals surface area contributed by atoms with Gasteiger partial charge in [0, 0.05) is 50.1 Å². The fourth-order valence-electron chi connectivity index (χ4n) is 4.86. The van der Waals surface area contributed by atoms with Crippen molar-refractivity contribution in [1.82, 2.24) is 15.1 Å². The second kappa shape index (κ2) is 8.38. The highest BCUT2D eigenvalue weighted by molar-refractivity contribution is 7.10. The number of nitrogens with one attached hydrogen (secondary N) is 1. The van der Waals surface area contributed by atoms with Gasteiger partial charge in [0.05, 0.1) is 19.3 Å². The van der Waals surface area contributed by atoms with E-state index in [0.717, 1.165) is 32.8 Å². The monoisotopic (exact) mass is 377 g/mol. The number of amides is 1. The zero-order chi connectivity index (χ0) is 17.9. The summed E-state index contributed by atoms with van der Waals surface area (Å²) in [4.78, 5) is 18.7. The van der Waals surface area contributed by atoms with Gasteiger partial charge >= 0.3 is 0 Å². The summed E-state index contributed by atoms with van der Waals surface area (Å²) in [6.07, 6.45) is 5.65. The van der Waals surface area contributed by atoms with Gasteiger partial charge in [0.1, 0.15) is 0 Å². The van der Waals surface area contributed by atoms with Crippen molar-refractivity contribution < 1.29 is 9.53 Å². The number of carbonyl (C=O) groups is 1. The van der Waals surface area contributed by atoms with E-state index in [9.17, 15) is 4.79 Å². The summed E-state index contributed by atoms with van der Waals surface area (Å²) in [6, 6.07) is 5.92. The zero-order valence-electron chi connectivity index (χ0n) is 15.7. The maximum atomic E-state index is 12.9. The maximum absolute atomic E-state index is 12.9. The van der Waals surface area contributed by atoms with E-state index in [1.165, 1.54) is 30.6 Å². The molecule has 3 atom stereocenters. The van der Waals surface area contributed by atoms with Crippen LogP contribution in [0.3, 0.4) is 0 Å². The standard InChI is InChI=1S/C20H31N3O2S/c1-22(20(24)13-15-11-16-4-5-17(12-15)21-16)14-18(19-3-2-10-26-19)23-6-8-25-9-7-23/h2-3,10,15-18,21H,4-9,11-14H2,1H3. The number of nitrogens with zero attached hydrogens (tertiary/aromatic N) is 2. The van der Waals surface area contributed by atoms with Crippen LogP contribution in [0.15, 0.2) is 17.5 Å². The number of fused-ring (bicyclic) bond motifs is 2. The second-order valence-corrected chi connectivity index (χ2v) is 9.11. The summed E-state index contributed by atoms with van der Waals surface area (Å²) < 4.78 is 5.52. The minimum absolute atomic E-state index is 0.289. The third kappa shape index (κ3) is 4.30. The van der Waals surface area contributed by atoms with E-state index < -0.39 is 0 Å². The van der Waals surface area contributed by atoms with Crippen molar-refractivity contribution in [2.75, 3.05) is 39.9 Å². The lowest BCUT2D eigenvalue weighted by Crippen LogP contribution is -2.45. The first-order chi connectivity index (χ1) is 12.7. The number of carbonyl (C=O) groups excluding carboxylic acids is 1. The molecule has 3 fully saturated rings. The molecule has 3 saturated heterocycles. The Labute approximate surface area is 160 Å². The summed E-state index contributed by atoms with van der Waals surface area (Å²) in [5.74, 6) is 0.874. The smallest absolute Gasteiger partial charge is 0.222 e. The van der Waals surface area contributed by atoms with E-state index in [1.807, 2.05) is 11.9 Å². The Kier molecular flexibility index (Phi) is 5.93. The van der Waals surface area contributed by atoms with Gasteiger partial charge in [-0.25, -0.2) is 0 Å². The largest absolute Gasteiger partial charge is 0.379 e. The molecule has 0 radical (unpaired) electrons. The molecule has 4 rings (SSSR count). The van der Waals surface area contributed by atoms with E-state index in [-0.39, 0.29) is 6.04 Å². The molecule has 6 heteroatoms. The fourth-order valence-corrected chi connectivity index (χ4v) is 5.71. The number of thiophene rings is 1. The molecule has 2 bridgehead atoms. The van der Waals surface area contributed by atoms with Crippen LogP contribution in [0.2, 0.25) is 0 Å². The Hall–Kier alpha value is -0.950. The molecule has 1 aromatic rings. The molecule has 3 aliphatic heterocycles. The topological polar surface area (TPSA) is 44.8 Å². The molecule has 1 N–H and O–H groups in total. The second-order valence-electron chi connectivity index (χ2n) is 8.13. The molecule has 0 aromatic carbocycles. The van der Waals surface area contributed by atoms with Gasteiger partial charge in [-0.1, -0.05) is 6.07 Å². The van der Waals surface area contributed by atoms with E-state index in [4.69, 9.17) is 4.74 Å². The molecule has 0 aliphatic carbocycles. The predicted molar refractivity (Wildman–Crippen MR) is 104 cm³/mol. The van der Waals surface area contributed by atoms with E-state index >= 15 is 0 Å². The first-order valence-electron chi connectivity index (χ1n) is 10.0. The first-order valence-corrected chi connectivity index (χ1v) is 10.9. The summed E-state index contributed by atoms with van der Waals surface area (Å²) in [7, 11) is 1.99. The molecule has 0 saturated carbocycles. The lowest BCUT2D eigenvalue weighted by atomic mass is 9.89. The molecule has 144 valence electrons. The molecule has 3 unspecified atom stereocenters. The van der Waals surface area contributed by atoms with Crippen molar-refractivity contribution >= 4 is 17.2 Å². The number of hydrogen-bond donors (Lipinski definition) is 1. The average molecular weight is 378 g/mol. The van der Waals surface area contributed by atoms with Gasteiger partial charge in [0.15, 0.2) is 0 Å². The minimum atomic E-state index is 0.289. The van der Waals surface area contributed by atoms with Gasteiger partial charge in [0.25, 0.3) is 0 Å². The predicted octanol–water partition coefficient (Wildman–Crippen LogP) is 2.50. The van der Waals surface area contributed by atoms with Crippen molar-refractivity contribution in [3.63, 3.8) is 0 Å². The normalized spacial score (nSPS) is 30.3. The van der Waals surface area contributed by atoms with Crippen LogP contribution in [0, 0.1) is 5.92 Å². The Balaban J connectivity index is 1.36. The number of likely N-dealkylation sites (N-methyl/N-ethyl adjacent to an activating group) is 1. The Morgan fingerprint density at radius 2 is 2.08 bits per heavy atom. The van der Waals surface area contributed by atoms with Crippen molar-refractivity contribution in [2.24, 2.45) is 5.92 Å². The quantitative estimate of drug-likeness (QED) is 0.827. The fraction of sp³-hybridized carbons (Fsp3) is 0.750. The van der Waals surface area contributed by atoms with Gasteiger partial charge in [-0.3, -0.25) is 9.69 Å². The Morgan fingerprint density at radius 1 is 1.35 bits per heavy atom. The summed E-state index contributed by atoms with van der Waals surface area (Å²) >= 11 is 1.79. The number of ether oxygens (including phenoxy) is 1. The lowest BCUT2D eigenvalue weighted by molar-refractivity contribution is -0.132. The van der Waals surface area contributed by atoms with Crippen LogP contribution in [0.25, 0.3) is 0 Å². The highest BCUT2D eigenvalue weighted by Gasteiger charge is 2.35. The van der Waals surface area contributed by atoms with Crippen molar-refractivity contribution in [3.05, 3.63) is 22.4 Å². The molecule has 3 aliphatic rings. The molecule has 1 amide bonds. The van der Waals surface area contributed by atoms with E-state index in [1.54, 1.807) is 11.3 Å². The number of piperidine rings is 1. The third-order valence-corrected chi connectivity index (χ3v) is 7.24. The molecule has 1 aromatic heterocycles. The number of hydrogen-bond acceptors (Lipinski definition) is 5. The van der Waals surface area contributed by atoms with Crippen LogP contribution in [-0.4, -0.2) is 67.7 Å². The SMILES string of the molecule is CN(CC(c1cccs1)N1CCOCC1)C(=O)CC1CC2CCC(C1)N2. The number of rotatable bonds is 6. The molecule has 4 heterocycles. The van der Waals surface area contributed by atoms with Crippen LogP contribution in [0.1, 0.15) is 43.0 Å². The highest BCUT2D eigenvalue weighted by Crippen LogP contribution is 2.33. The molecule has 0 spiro atoms. The van der Waals surface area contributed by atoms with Gasteiger partial charge < -0.3 is 15.0 Å². The Morgan fingerprint density at radius 3 is 2.73 bits per heavy atom. The molecule has 26 heavy (non-hydrogen) atoms. The zero-order valence-corrected chi connectivity index (χ0v) is 16.5. The Bertz CT molecular complexity index is 576.